The second kappa shape index (κ2) is 7.64. The van der Waals surface area contributed by atoms with Crippen LogP contribution in [-0.4, -0.2) is 11.1 Å². The van der Waals surface area contributed by atoms with Gasteiger partial charge in [-0.25, -0.2) is 0 Å². The lowest BCUT2D eigenvalue weighted by Crippen LogP contribution is -2.18. The molecule has 0 saturated heterocycles. The number of benzene rings is 2. The van der Waals surface area contributed by atoms with Crippen LogP contribution in [0.2, 0.25) is 0 Å². The molecule has 0 heterocycles. The standard InChI is InChI=1S/C19H22O3/c1-3-18(14(2)19(20)21)16-10-7-11-17(12-16)22-13-15-8-5-4-6-9-15/h4-12,14,18H,3,13H2,1-2H3,(H,20,21). The highest BCUT2D eigenvalue weighted by Gasteiger charge is 2.23. The number of aliphatic carboxylic acids is 1. The van der Waals surface area contributed by atoms with E-state index in [4.69, 9.17) is 4.74 Å². The number of carboxylic acids is 1. The van der Waals surface area contributed by atoms with Gasteiger partial charge in [0.15, 0.2) is 0 Å². The molecule has 22 heavy (non-hydrogen) atoms. The maximum Gasteiger partial charge on any atom is 0.306 e. The average Bonchev–Trinajstić information content (AvgIpc) is 2.55. The molecule has 0 aromatic heterocycles. The van der Waals surface area contributed by atoms with E-state index in [-0.39, 0.29) is 5.92 Å². The number of hydrogen-bond donors (Lipinski definition) is 1. The summed E-state index contributed by atoms with van der Waals surface area (Å²) in [5.41, 5.74) is 2.13. The first-order chi connectivity index (χ1) is 10.6. The number of carboxylic acid groups (broad SMARTS) is 1. The Hall–Kier alpha value is -2.29. The van der Waals surface area contributed by atoms with Crippen molar-refractivity contribution in [1.82, 2.24) is 0 Å². The number of carbonyl (C=O) groups is 1. The van der Waals surface area contributed by atoms with Crippen molar-refractivity contribution in [1.29, 1.82) is 0 Å². The van der Waals surface area contributed by atoms with E-state index in [1.54, 1.807) is 6.92 Å². The fraction of sp³-hybridized carbons (Fsp3) is 0.316. The first kappa shape index (κ1) is 16.1. The van der Waals surface area contributed by atoms with Gasteiger partial charge in [0.2, 0.25) is 0 Å². The van der Waals surface area contributed by atoms with Gasteiger partial charge in [-0.1, -0.05) is 56.3 Å². The molecule has 0 aliphatic heterocycles. The molecule has 0 radical (unpaired) electrons. The summed E-state index contributed by atoms with van der Waals surface area (Å²) in [6, 6.07) is 17.7. The second-order valence-electron chi connectivity index (χ2n) is 5.49. The topological polar surface area (TPSA) is 46.5 Å². The van der Waals surface area contributed by atoms with E-state index in [0.717, 1.165) is 23.3 Å². The molecule has 2 unspecified atom stereocenters. The van der Waals surface area contributed by atoms with Crippen LogP contribution in [0.25, 0.3) is 0 Å². The summed E-state index contributed by atoms with van der Waals surface area (Å²) >= 11 is 0. The van der Waals surface area contributed by atoms with Crippen LogP contribution in [-0.2, 0) is 11.4 Å². The predicted molar refractivity (Wildman–Crippen MR) is 87.0 cm³/mol. The minimum atomic E-state index is -0.762. The van der Waals surface area contributed by atoms with Crippen molar-refractivity contribution in [2.75, 3.05) is 0 Å². The zero-order chi connectivity index (χ0) is 15.9. The highest BCUT2D eigenvalue weighted by Crippen LogP contribution is 2.30. The molecular weight excluding hydrogens is 276 g/mol. The van der Waals surface area contributed by atoms with Crippen molar-refractivity contribution < 1.29 is 14.6 Å². The first-order valence-corrected chi connectivity index (χ1v) is 7.61. The molecule has 0 aliphatic rings. The van der Waals surface area contributed by atoms with Crippen molar-refractivity contribution in [2.45, 2.75) is 32.8 Å². The highest BCUT2D eigenvalue weighted by molar-refractivity contribution is 5.71. The van der Waals surface area contributed by atoms with E-state index < -0.39 is 11.9 Å². The van der Waals surface area contributed by atoms with Gasteiger partial charge >= 0.3 is 5.97 Å². The quantitative estimate of drug-likeness (QED) is 0.819. The van der Waals surface area contributed by atoms with E-state index in [1.165, 1.54) is 0 Å². The second-order valence-corrected chi connectivity index (χ2v) is 5.49. The Morgan fingerprint density at radius 2 is 1.86 bits per heavy atom. The Morgan fingerprint density at radius 3 is 2.50 bits per heavy atom. The largest absolute Gasteiger partial charge is 0.489 e. The van der Waals surface area contributed by atoms with Gasteiger partial charge in [0.1, 0.15) is 12.4 Å². The molecule has 2 atom stereocenters. The molecule has 2 aromatic rings. The Labute approximate surface area is 131 Å². The van der Waals surface area contributed by atoms with Gasteiger partial charge in [-0.3, -0.25) is 4.79 Å². The van der Waals surface area contributed by atoms with Gasteiger partial charge in [-0.15, -0.1) is 0 Å². The van der Waals surface area contributed by atoms with Crippen LogP contribution >= 0.6 is 0 Å². The van der Waals surface area contributed by atoms with Gasteiger partial charge in [-0.05, 0) is 35.6 Å². The van der Waals surface area contributed by atoms with Crippen molar-refractivity contribution in [3.63, 3.8) is 0 Å². The molecule has 0 amide bonds. The monoisotopic (exact) mass is 298 g/mol. The summed E-state index contributed by atoms with van der Waals surface area (Å²) in [6.45, 7) is 4.28. The SMILES string of the molecule is CCC(c1cccc(OCc2ccccc2)c1)C(C)C(=O)O. The maximum absolute atomic E-state index is 11.2. The number of ether oxygens (including phenoxy) is 1. The minimum Gasteiger partial charge on any atom is -0.489 e. The zero-order valence-corrected chi connectivity index (χ0v) is 13.0. The molecule has 0 aliphatic carbocycles. The van der Waals surface area contributed by atoms with Crippen LogP contribution < -0.4 is 4.74 Å². The molecular formula is C19H22O3. The summed E-state index contributed by atoms with van der Waals surface area (Å²) in [6.07, 6.45) is 0.787. The third-order valence-corrected chi connectivity index (χ3v) is 3.97. The average molecular weight is 298 g/mol. The fourth-order valence-corrected chi connectivity index (χ4v) is 2.63. The van der Waals surface area contributed by atoms with Crippen LogP contribution in [0.3, 0.4) is 0 Å². The summed E-state index contributed by atoms with van der Waals surface area (Å²) in [4.78, 5) is 11.2. The zero-order valence-electron chi connectivity index (χ0n) is 13.0. The maximum atomic E-state index is 11.2. The number of rotatable bonds is 7. The van der Waals surface area contributed by atoms with Crippen LogP contribution in [0.4, 0.5) is 0 Å². The van der Waals surface area contributed by atoms with Crippen molar-refractivity contribution in [3.8, 4) is 5.75 Å². The third kappa shape index (κ3) is 4.10. The van der Waals surface area contributed by atoms with E-state index >= 15 is 0 Å². The molecule has 2 rings (SSSR count). The Bertz CT molecular complexity index is 607. The molecule has 3 heteroatoms. The molecule has 0 bridgehead atoms. The molecule has 116 valence electrons. The summed E-state index contributed by atoms with van der Waals surface area (Å²) in [5, 5.41) is 9.23. The molecule has 0 spiro atoms. The molecule has 3 nitrogen and oxygen atoms in total. The van der Waals surface area contributed by atoms with Crippen molar-refractivity contribution in [2.24, 2.45) is 5.92 Å². The number of hydrogen-bond acceptors (Lipinski definition) is 2. The normalized spacial score (nSPS) is 13.4. The van der Waals surface area contributed by atoms with E-state index in [2.05, 4.69) is 0 Å². The Kier molecular flexibility index (Phi) is 5.59. The van der Waals surface area contributed by atoms with Gasteiger partial charge in [0, 0.05) is 0 Å². The smallest absolute Gasteiger partial charge is 0.306 e. The van der Waals surface area contributed by atoms with Crippen molar-refractivity contribution >= 4 is 5.97 Å². The lowest BCUT2D eigenvalue weighted by molar-refractivity contribution is -0.141. The van der Waals surface area contributed by atoms with Crippen LogP contribution in [0.5, 0.6) is 5.75 Å². The predicted octanol–water partition coefficient (Wildman–Crippen LogP) is 4.48. The molecule has 1 N–H and O–H groups in total. The van der Waals surface area contributed by atoms with Crippen LogP contribution in [0, 0.1) is 5.92 Å². The fourth-order valence-electron chi connectivity index (χ4n) is 2.63. The van der Waals surface area contributed by atoms with Crippen molar-refractivity contribution in [3.05, 3.63) is 65.7 Å². The van der Waals surface area contributed by atoms with E-state index in [0.29, 0.717) is 6.61 Å². The van der Waals surface area contributed by atoms with Gasteiger partial charge in [0.25, 0.3) is 0 Å². The lowest BCUT2D eigenvalue weighted by atomic mass is 9.85. The van der Waals surface area contributed by atoms with Crippen LogP contribution in [0.1, 0.15) is 37.3 Å². The Morgan fingerprint density at radius 1 is 1.14 bits per heavy atom. The van der Waals surface area contributed by atoms with Crippen LogP contribution in [0.15, 0.2) is 54.6 Å². The summed E-state index contributed by atoms with van der Waals surface area (Å²) in [7, 11) is 0. The minimum absolute atomic E-state index is 0.00206. The van der Waals surface area contributed by atoms with E-state index in [9.17, 15) is 9.90 Å². The van der Waals surface area contributed by atoms with Gasteiger partial charge in [0.05, 0.1) is 5.92 Å². The van der Waals surface area contributed by atoms with Gasteiger partial charge < -0.3 is 9.84 Å². The summed E-state index contributed by atoms with van der Waals surface area (Å²) in [5.74, 6) is -0.396. The third-order valence-electron chi connectivity index (χ3n) is 3.97. The Balaban J connectivity index is 2.10. The highest BCUT2D eigenvalue weighted by atomic mass is 16.5. The van der Waals surface area contributed by atoms with E-state index in [1.807, 2.05) is 61.5 Å². The first-order valence-electron chi connectivity index (χ1n) is 7.61. The molecule has 2 aromatic carbocycles. The van der Waals surface area contributed by atoms with Gasteiger partial charge in [-0.2, -0.15) is 0 Å². The molecule has 0 fully saturated rings. The lowest BCUT2D eigenvalue weighted by Gasteiger charge is -2.20. The summed E-state index contributed by atoms with van der Waals surface area (Å²) < 4.78 is 5.82. The molecule has 0 saturated carbocycles.